The van der Waals surface area contributed by atoms with E-state index in [2.05, 4.69) is 15.0 Å². The molecule has 3 aromatic heterocycles. The Morgan fingerprint density at radius 2 is 1.93 bits per heavy atom. The Hall–Kier alpha value is -2.68. The van der Waals surface area contributed by atoms with Gasteiger partial charge in [0.25, 0.3) is 0 Å². The first-order valence-electron chi connectivity index (χ1n) is 10.2. The first kappa shape index (κ1) is 20.6. The quantitative estimate of drug-likeness (QED) is 0.671. The average molecular weight is 430 g/mol. The van der Waals surface area contributed by atoms with E-state index in [4.69, 9.17) is 4.74 Å². The molecular formula is C21H27N5O3S. The molecule has 160 valence electrons. The third-order valence-electron chi connectivity index (χ3n) is 5.07. The second kappa shape index (κ2) is 7.54. The summed E-state index contributed by atoms with van der Waals surface area (Å²) >= 11 is 1.54. The van der Waals surface area contributed by atoms with Crippen molar-refractivity contribution in [1.82, 2.24) is 19.9 Å². The van der Waals surface area contributed by atoms with Crippen molar-refractivity contribution in [3.05, 3.63) is 26.9 Å². The van der Waals surface area contributed by atoms with Crippen LogP contribution in [0.4, 0.5) is 10.5 Å². The number of aromatic amines is 1. The van der Waals surface area contributed by atoms with Crippen LogP contribution in [0.25, 0.3) is 21.5 Å². The van der Waals surface area contributed by atoms with Gasteiger partial charge in [-0.2, -0.15) is 0 Å². The van der Waals surface area contributed by atoms with E-state index in [0.717, 1.165) is 20.9 Å². The largest absolute Gasteiger partial charge is 0.444 e. The molecule has 0 radical (unpaired) electrons. The number of carbonyl (C=O) groups is 1. The van der Waals surface area contributed by atoms with E-state index < -0.39 is 5.60 Å². The Labute approximate surface area is 178 Å². The smallest absolute Gasteiger partial charge is 0.410 e. The lowest BCUT2D eigenvalue weighted by molar-refractivity contribution is 0.0240. The molecule has 3 aromatic rings. The number of hydrogen-bond acceptors (Lipinski definition) is 7. The van der Waals surface area contributed by atoms with Crippen LogP contribution in [0.5, 0.6) is 0 Å². The first-order valence-corrected chi connectivity index (χ1v) is 11.0. The zero-order chi connectivity index (χ0) is 21.6. The highest BCUT2D eigenvalue weighted by Gasteiger charge is 2.28. The van der Waals surface area contributed by atoms with E-state index in [1.54, 1.807) is 4.90 Å². The Morgan fingerprint density at radius 3 is 2.57 bits per heavy atom. The number of pyridine rings is 1. The maximum atomic E-state index is 13.4. The van der Waals surface area contributed by atoms with Gasteiger partial charge in [-0.25, -0.2) is 14.8 Å². The predicted octanol–water partition coefficient (Wildman–Crippen LogP) is 3.46. The Kier molecular flexibility index (Phi) is 5.17. The van der Waals surface area contributed by atoms with E-state index in [0.29, 0.717) is 49.5 Å². The summed E-state index contributed by atoms with van der Waals surface area (Å²) in [5.41, 5.74) is 2.55. The highest BCUT2D eigenvalue weighted by molar-refractivity contribution is 7.18. The van der Waals surface area contributed by atoms with Gasteiger partial charge in [0.15, 0.2) is 11.2 Å². The standard InChI is InChI=1S/C21H27N5O3S/c1-6-13-16(25-7-9-26(10-8-25)20(28)29-21(3,4)5)17(27)15-18(22-13)23-14-11-12(2)30-19(14)24-15/h11H,6-10H2,1-5H3,(H,22,23,27). The summed E-state index contributed by atoms with van der Waals surface area (Å²) in [6.45, 7) is 11.7. The fourth-order valence-corrected chi connectivity index (χ4v) is 4.52. The number of piperazine rings is 1. The van der Waals surface area contributed by atoms with Gasteiger partial charge in [-0.1, -0.05) is 6.92 Å². The first-order chi connectivity index (χ1) is 14.2. The normalized spacial score (nSPS) is 15.2. The van der Waals surface area contributed by atoms with Gasteiger partial charge in [-0.3, -0.25) is 4.79 Å². The number of hydrogen-bond donors (Lipinski definition) is 1. The molecule has 9 heteroatoms. The number of ether oxygens (including phenoxy) is 1. The van der Waals surface area contributed by atoms with Crippen molar-refractivity contribution in [2.24, 2.45) is 0 Å². The molecule has 0 aromatic carbocycles. The predicted molar refractivity (Wildman–Crippen MR) is 120 cm³/mol. The van der Waals surface area contributed by atoms with Gasteiger partial charge in [0.05, 0.1) is 0 Å². The number of rotatable bonds is 2. The van der Waals surface area contributed by atoms with Crippen molar-refractivity contribution in [1.29, 1.82) is 0 Å². The molecular weight excluding hydrogens is 402 g/mol. The molecule has 0 saturated carbocycles. The van der Waals surface area contributed by atoms with Crippen molar-refractivity contribution in [2.75, 3.05) is 31.1 Å². The number of aryl methyl sites for hydroxylation is 2. The third kappa shape index (κ3) is 3.86. The number of amides is 1. The summed E-state index contributed by atoms with van der Waals surface area (Å²) in [5, 5.41) is 0. The molecule has 0 unspecified atom stereocenters. The average Bonchev–Trinajstić information content (AvgIpc) is 3.04. The maximum Gasteiger partial charge on any atom is 0.410 e. The number of aromatic nitrogens is 3. The highest BCUT2D eigenvalue weighted by Crippen LogP contribution is 2.25. The van der Waals surface area contributed by atoms with Crippen LogP contribution in [0.1, 0.15) is 38.3 Å². The van der Waals surface area contributed by atoms with Crippen molar-refractivity contribution >= 4 is 44.6 Å². The van der Waals surface area contributed by atoms with E-state index >= 15 is 0 Å². The van der Waals surface area contributed by atoms with Crippen LogP contribution in [0, 0.1) is 6.92 Å². The van der Waals surface area contributed by atoms with E-state index in [1.807, 2.05) is 45.6 Å². The minimum absolute atomic E-state index is 0.105. The molecule has 1 amide bonds. The number of H-pyrrole nitrogens is 1. The van der Waals surface area contributed by atoms with Crippen LogP contribution in [-0.4, -0.2) is 57.7 Å². The van der Waals surface area contributed by atoms with Crippen LogP contribution < -0.4 is 10.3 Å². The van der Waals surface area contributed by atoms with Crippen LogP contribution in [0.3, 0.4) is 0 Å². The molecule has 30 heavy (non-hydrogen) atoms. The number of nitrogens with one attached hydrogen (secondary N) is 1. The van der Waals surface area contributed by atoms with Crippen LogP contribution in [0.2, 0.25) is 0 Å². The molecule has 1 fully saturated rings. The molecule has 8 nitrogen and oxygen atoms in total. The SMILES string of the molecule is CCc1[nH]c2nc3cc(C)sc3nc2c(=O)c1N1CCN(C(=O)OC(C)(C)C)CC1. The van der Waals surface area contributed by atoms with E-state index in [9.17, 15) is 9.59 Å². The lowest BCUT2D eigenvalue weighted by Gasteiger charge is -2.37. The Morgan fingerprint density at radius 1 is 1.23 bits per heavy atom. The third-order valence-corrected chi connectivity index (χ3v) is 6.01. The van der Waals surface area contributed by atoms with Crippen molar-refractivity contribution in [3.8, 4) is 0 Å². The molecule has 0 spiro atoms. The van der Waals surface area contributed by atoms with Crippen LogP contribution >= 0.6 is 11.3 Å². The van der Waals surface area contributed by atoms with Crippen molar-refractivity contribution < 1.29 is 9.53 Å². The van der Waals surface area contributed by atoms with Crippen LogP contribution in [0.15, 0.2) is 10.9 Å². The summed E-state index contributed by atoms with van der Waals surface area (Å²) in [6, 6.07) is 1.99. The molecule has 0 aliphatic carbocycles. The highest BCUT2D eigenvalue weighted by atomic mass is 32.1. The summed E-state index contributed by atoms with van der Waals surface area (Å²) in [4.78, 5) is 43.9. The molecule has 4 heterocycles. The summed E-state index contributed by atoms with van der Waals surface area (Å²) < 4.78 is 5.47. The second-order valence-corrected chi connectivity index (χ2v) is 9.79. The monoisotopic (exact) mass is 429 g/mol. The van der Waals surface area contributed by atoms with Gasteiger partial charge < -0.3 is 19.5 Å². The van der Waals surface area contributed by atoms with Gasteiger partial charge in [0.2, 0.25) is 5.43 Å². The maximum absolute atomic E-state index is 13.4. The number of fused-ring (bicyclic) bond motifs is 2. The molecule has 1 saturated heterocycles. The summed E-state index contributed by atoms with van der Waals surface area (Å²) in [5.74, 6) is 0. The number of thiophene rings is 1. The Balaban J connectivity index is 1.65. The fourth-order valence-electron chi connectivity index (χ4n) is 3.70. The number of carbonyl (C=O) groups excluding carboxylic acids is 1. The zero-order valence-electron chi connectivity index (χ0n) is 18.0. The molecule has 1 aliphatic rings. The summed E-state index contributed by atoms with van der Waals surface area (Å²) in [6.07, 6.45) is 0.362. The molecule has 4 rings (SSSR count). The topological polar surface area (TPSA) is 91.4 Å². The molecule has 1 aliphatic heterocycles. The van der Waals surface area contributed by atoms with Gasteiger partial charge >= 0.3 is 6.09 Å². The van der Waals surface area contributed by atoms with Gasteiger partial charge in [0.1, 0.15) is 21.6 Å². The second-order valence-electron chi connectivity index (χ2n) is 8.56. The lowest BCUT2D eigenvalue weighted by atomic mass is 10.1. The fraction of sp³-hybridized carbons (Fsp3) is 0.524. The van der Waals surface area contributed by atoms with Crippen molar-refractivity contribution in [3.63, 3.8) is 0 Å². The molecule has 1 N–H and O–H groups in total. The minimum Gasteiger partial charge on any atom is -0.444 e. The van der Waals surface area contributed by atoms with E-state index in [-0.39, 0.29) is 11.5 Å². The minimum atomic E-state index is -0.525. The number of nitrogens with zero attached hydrogens (tertiary/aromatic N) is 4. The van der Waals surface area contributed by atoms with Crippen molar-refractivity contribution in [2.45, 2.75) is 46.6 Å². The number of anilines is 1. The summed E-state index contributed by atoms with van der Waals surface area (Å²) in [7, 11) is 0. The van der Waals surface area contributed by atoms with E-state index in [1.165, 1.54) is 11.3 Å². The Bertz CT molecular complexity index is 1170. The molecule has 0 bridgehead atoms. The molecule has 0 atom stereocenters. The van der Waals surface area contributed by atoms with Gasteiger partial charge in [0, 0.05) is 36.8 Å². The van der Waals surface area contributed by atoms with Gasteiger partial charge in [-0.05, 0) is 40.2 Å². The zero-order valence-corrected chi connectivity index (χ0v) is 18.9. The van der Waals surface area contributed by atoms with Gasteiger partial charge in [-0.15, -0.1) is 11.3 Å². The lowest BCUT2D eigenvalue weighted by Crippen LogP contribution is -2.51. The van der Waals surface area contributed by atoms with Crippen LogP contribution in [-0.2, 0) is 11.2 Å².